The van der Waals surface area contributed by atoms with E-state index in [1.807, 2.05) is 0 Å². The Labute approximate surface area is 128 Å². The van der Waals surface area contributed by atoms with E-state index in [1.165, 1.54) is 18.4 Å². The maximum atomic E-state index is 11.4. The first kappa shape index (κ1) is 14.4. The first-order chi connectivity index (χ1) is 9.10. The van der Waals surface area contributed by atoms with E-state index in [1.54, 1.807) is 30.3 Å². The molecular formula is C13H10BrClO3S. The molecule has 0 saturated heterocycles. The van der Waals surface area contributed by atoms with E-state index in [-0.39, 0.29) is 5.97 Å². The summed E-state index contributed by atoms with van der Waals surface area (Å²) >= 11 is 10.5. The number of ether oxygens (including phenoxy) is 2. The molecule has 0 atom stereocenters. The van der Waals surface area contributed by atoms with Gasteiger partial charge in [0.2, 0.25) is 0 Å². The lowest BCUT2D eigenvalue weighted by atomic mass is 10.3. The van der Waals surface area contributed by atoms with Crippen molar-refractivity contribution >= 4 is 44.8 Å². The zero-order valence-corrected chi connectivity index (χ0v) is 13.1. The number of carbonyl (C=O) groups excluding carboxylic acids is 1. The minimum Gasteiger partial charge on any atom is -0.488 e. The van der Waals surface area contributed by atoms with Gasteiger partial charge in [-0.15, -0.1) is 11.3 Å². The number of halogens is 2. The Bertz CT molecular complexity index is 580. The van der Waals surface area contributed by atoms with Crippen molar-refractivity contribution in [2.24, 2.45) is 0 Å². The van der Waals surface area contributed by atoms with E-state index in [4.69, 9.17) is 16.3 Å². The maximum absolute atomic E-state index is 11.4. The summed E-state index contributed by atoms with van der Waals surface area (Å²) < 4.78 is 11.1. The van der Waals surface area contributed by atoms with Crippen LogP contribution in [0.15, 0.2) is 34.8 Å². The lowest BCUT2D eigenvalue weighted by Gasteiger charge is -2.04. The van der Waals surface area contributed by atoms with E-state index in [9.17, 15) is 4.79 Å². The number of hydrogen-bond donors (Lipinski definition) is 0. The van der Waals surface area contributed by atoms with Crippen LogP contribution in [0.1, 0.15) is 14.5 Å². The highest BCUT2D eigenvalue weighted by molar-refractivity contribution is 9.10. The van der Waals surface area contributed by atoms with Crippen molar-refractivity contribution in [2.45, 2.75) is 6.61 Å². The second kappa shape index (κ2) is 6.41. The van der Waals surface area contributed by atoms with Crippen LogP contribution in [0.4, 0.5) is 0 Å². The van der Waals surface area contributed by atoms with Gasteiger partial charge in [-0.3, -0.25) is 0 Å². The van der Waals surface area contributed by atoms with Crippen molar-refractivity contribution in [2.75, 3.05) is 7.11 Å². The average molecular weight is 362 g/mol. The maximum Gasteiger partial charge on any atom is 0.348 e. The van der Waals surface area contributed by atoms with Crippen LogP contribution in [0.3, 0.4) is 0 Å². The monoisotopic (exact) mass is 360 g/mol. The van der Waals surface area contributed by atoms with Crippen molar-refractivity contribution in [3.63, 3.8) is 0 Å². The van der Waals surface area contributed by atoms with E-state index in [0.29, 0.717) is 16.5 Å². The van der Waals surface area contributed by atoms with Crippen LogP contribution in [0, 0.1) is 0 Å². The minimum absolute atomic E-state index is 0.344. The van der Waals surface area contributed by atoms with Crippen molar-refractivity contribution in [3.8, 4) is 5.75 Å². The number of benzene rings is 1. The summed E-state index contributed by atoms with van der Waals surface area (Å²) in [5.74, 6) is 0.382. The van der Waals surface area contributed by atoms with E-state index < -0.39 is 0 Å². The summed E-state index contributed by atoms with van der Waals surface area (Å²) in [7, 11) is 1.36. The van der Waals surface area contributed by atoms with Crippen LogP contribution in [0.2, 0.25) is 5.02 Å². The van der Waals surface area contributed by atoms with Crippen molar-refractivity contribution in [1.29, 1.82) is 0 Å². The summed E-state index contributed by atoms with van der Waals surface area (Å²) in [5.41, 5.74) is 0. The topological polar surface area (TPSA) is 35.5 Å². The first-order valence-electron chi connectivity index (χ1n) is 5.35. The highest BCUT2D eigenvalue weighted by atomic mass is 79.9. The first-order valence-corrected chi connectivity index (χ1v) is 7.34. The molecule has 2 aromatic rings. The van der Waals surface area contributed by atoms with E-state index in [0.717, 1.165) is 15.1 Å². The average Bonchev–Trinajstić information content (AvgIpc) is 2.79. The summed E-state index contributed by atoms with van der Waals surface area (Å²) in [6.07, 6.45) is 0. The third-order valence-corrected chi connectivity index (χ3v) is 4.64. The molecule has 0 aliphatic rings. The molecule has 100 valence electrons. The Kier molecular flexibility index (Phi) is 4.85. The molecule has 3 nitrogen and oxygen atoms in total. The predicted octanol–water partition coefficient (Wildman–Crippen LogP) is 4.53. The van der Waals surface area contributed by atoms with Gasteiger partial charge in [0.1, 0.15) is 17.2 Å². The van der Waals surface area contributed by atoms with Crippen LogP contribution in [-0.4, -0.2) is 13.1 Å². The number of carbonyl (C=O) groups is 1. The third-order valence-electron chi connectivity index (χ3n) is 2.33. The number of hydrogen-bond acceptors (Lipinski definition) is 4. The van der Waals surface area contributed by atoms with Gasteiger partial charge >= 0.3 is 5.97 Å². The number of thiophene rings is 1. The fraction of sp³-hybridized carbons (Fsp3) is 0.154. The number of esters is 1. The predicted molar refractivity (Wildman–Crippen MR) is 79.1 cm³/mol. The molecule has 0 amide bonds. The molecular weight excluding hydrogens is 352 g/mol. The van der Waals surface area contributed by atoms with Crippen LogP contribution in [0.5, 0.6) is 5.75 Å². The van der Waals surface area contributed by atoms with Gasteiger partial charge in [-0.1, -0.05) is 11.6 Å². The van der Waals surface area contributed by atoms with Gasteiger partial charge in [0.05, 0.1) is 12.0 Å². The van der Waals surface area contributed by atoms with Gasteiger partial charge in [0.25, 0.3) is 0 Å². The number of methoxy groups -OCH3 is 1. The largest absolute Gasteiger partial charge is 0.488 e. The van der Waals surface area contributed by atoms with Gasteiger partial charge in [0, 0.05) is 9.50 Å². The molecule has 1 aromatic carbocycles. The molecule has 0 aliphatic heterocycles. The Morgan fingerprint density at radius 1 is 1.37 bits per heavy atom. The van der Waals surface area contributed by atoms with Crippen LogP contribution < -0.4 is 4.74 Å². The second-order valence-electron chi connectivity index (χ2n) is 3.62. The summed E-state index contributed by atoms with van der Waals surface area (Å²) in [4.78, 5) is 12.9. The smallest absolute Gasteiger partial charge is 0.348 e. The fourth-order valence-corrected chi connectivity index (χ4v) is 3.13. The Morgan fingerprint density at radius 3 is 2.68 bits per heavy atom. The molecule has 0 radical (unpaired) electrons. The lowest BCUT2D eigenvalue weighted by Crippen LogP contribution is -1.97. The molecule has 1 heterocycles. The highest BCUT2D eigenvalue weighted by Crippen LogP contribution is 2.29. The molecule has 19 heavy (non-hydrogen) atoms. The quantitative estimate of drug-likeness (QED) is 0.751. The summed E-state index contributed by atoms with van der Waals surface area (Å²) in [6.45, 7) is 0.379. The normalized spacial score (nSPS) is 10.3. The van der Waals surface area contributed by atoms with Crippen molar-refractivity contribution < 1.29 is 14.3 Å². The van der Waals surface area contributed by atoms with Gasteiger partial charge in [-0.25, -0.2) is 4.79 Å². The van der Waals surface area contributed by atoms with Crippen molar-refractivity contribution in [1.82, 2.24) is 0 Å². The fourth-order valence-electron chi connectivity index (χ4n) is 1.39. The Hall–Kier alpha value is -1.04. The standard InChI is InChI=1S/C13H10BrClO3S/c1-17-13(16)11-6-10(14)12(19-11)7-18-9-4-2-8(15)3-5-9/h2-6H,7H2,1H3. The molecule has 0 aliphatic carbocycles. The minimum atomic E-state index is -0.344. The van der Waals surface area contributed by atoms with Crippen LogP contribution >= 0.6 is 38.9 Å². The Morgan fingerprint density at radius 2 is 2.05 bits per heavy atom. The molecule has 0 bridgehead atoms. The van der Waals surface area contributed by atoms with Crippen LogP contribution in [-0.2, 0) is 11.3 Å². The molecule has 6 heteroatoms. The third kappa shape index (κ3) is 3.72. The molecule has 0 spiro atoms. The van der Waals surface area contributed by atoms with Gasteiger partial charge in [-0.05, 0) is 46.3 Å². The molecule has 0 fully saturated rings. The van der Waals surface area contributed by atoms with E-state index in [2.05, 4.69) is 20.7 Å². The second-order valence-corrected chi connectivity index (χ2v) is 6.04. The highest BCUT2D eigenvalue weighted by Gasteiger charge is 2.13. The zero-order valence-electron chi connectivity index (χ0n) is 9.98. The molecule has 2 rings (SSSR count). The molecule has 0 saturated carbocycles. The summed E-state index contributed by atoms with van der Waals surface area (Å²) in [6, 6.07) is 8.85. The SMILES string of the molecule is COC(=O)c1cc(Br)c(COc2ccc(Cl)cc2)s1. The zero-order chi connectivity index (χ0) is 13.8. The summed E-state index contributed by atoms with van der Waals surface area (Å²) in [5, 5.41) is 0.664. The Balaban J connectivity index is 2.05. The van der Waals surface area contributed by atoms with Crippen molar-refractivity contribution in [3.05, 3.63) is 49.6 Å². The molecule has 1 aromatic heterocycles. The number of rotatable bonds is 4. The van der Waals surface area contributed by atoms with Crippen LogP contribution in [0.25, 0.3) is 0 Å². The lowest BCUT2D eigenvalue weighted by molar-refractivity contribution is 0.0606. The molecule has 0 unspecified atom stereocenters. The van der Waals surface area contributed by atoms with Gasteiger partial charge in [0.15, 0.2) is 0 Å². The van der Waals surface area contributed by atoms with Gasteiger partial charge in [-0.2, -0.15) is 0 Å². The molecule has 0 N–H and O–H groups in total. The van der Waals surface area contributed by atoms with E-state index >= 15 is 0 Å². The van der Waals surface area contributed by atoms with Gasteiger partial charge < -0.3 is 9.47 Å².